The normalized spacial score (nSPS) is 15.6. The lowest BCUT2D eigenvalue weighted by atomic mass is 9.78. The first-order valence-electron chi connectivity index (χ1n) is 6.01. The Labute approximate surface area is 103 Å². The fraction of sp³-hybridized carbons (Fsp3) is 0.571. The zero-order chi connectivity index (χ0) is 13.1. The smallest absolute Gasteiger partial charge is 0.123 e. The molecule has 0 amide bonds. The number of aliphatic hydroxyl groups is 1. The third-order valence-electron chi connectivity index (χ3n) is 3.39. The van der Waals surface area contributed by atoms with Crippen LogP contribution in [0.2, 0.25) is 0 Å². The summed E-state index contributed by atoms with van der Waals surface area (Å²) in [6.45, 7) is 8.61. The van der Waals surface area contributed by atoms with E-state index in [2.05, 4.69) is 26.1 Å². The highest BCUT2D eigenvalue weighted by molar-refractivity contribution is 5.26. The molecule has 2 N–H and O–H groups in total. The van der Waals surface area contributed by atoms with Gasteiger partial charge in [0.15, 0.2) is 0 Å². The Balaban J connectivity index is 2.75. The van der Waals surface area contributed by atoms with Crippen molar-refractivity contribution in [2.45, 2.75) is 45.3 Å². The van der Waals surface area contributed by atoms with Gasteiger partial charge in [-0.05, 0) is 31.5 Å². The van der Waals surface area contributed by atoms with Crippen molar-refractivity contribution in [3.63, 3.8) is 0 Å². The van der Waals surface area contributed by atoms with Gasteiger partial charge in [-0.3, -0.25) is 0 Å². The van der Waals surface area contributed by atoms with Gasteiger partial charge in [0, 0.05) is 18.0 Å². The Morgan fingerprint density at radius 1 is 1.24 bits per heavy atom. The molecule has 0 aliphatic carbocycles. The van der Waals surface area contributed by atoms with Gasteiger partial charge in [0.05, 0.1) is 6.10 Å². The Bertz CT molecular complexity index is 346. The first-order chi connectivity index (χ1) is 7.84. The second-order valence-electron chi connectivity index (χ2n) is 5.21. The van der Waals surface area contributed by atoms with E-state index < -0.39 is 0 Å². The highest BCUT2D eigenvalue weighted by atomic mass is 19.1. The van der Waals surface area contributed by atoms with E-state index in [1.54, 1.807) is 6.92 Å². The average molecular weight is 239 g/mol. The molecule has 0 fully saturated rings. The van der Waals surface area contributed by atoms with E-state index in [1.807, 2.05) is 12.1 Å². The molecule has 0 aliphatic heterocycles. The van der Waals surface area contributed by atoms with Crippen molar-refractivity contribution in [1.29, 1.82) is 0 Å². The van der Waals surface area contributed by atoms with Crippen LogP contribution in [0.25, 0.3) is 0 Å². The number of hydrogen-bond acceptors (Lipinski definition) is 2. The molecule has 0 aliphatic rings. The minimum atomic E-state index is -0.360. The first-order valence-corrected chi connectivity index (χ1v) is 6.01. The van der Waals surface area contributed by atoms with Crippen LogP contribution >= 0.6 is 0 Å². The van der Waals surface area contributed by atoms with Crippen LogP contribution in [0.15, 0.2) is 24.3 Å². The molecule has 0 radical (unpaired) electrons. The molecule has 2 nitrogen and oxygen atoms in total. The number of aliphatic hydroxyl groups excluding tert-OH is 1. The molecule has 1 rings (SSSR count). The lowest BCUT2D eigenvalue weighted by Crippen LogP contribution is -2.44. The zero-order valence-electron chi connectivity index (χ0n) is 11.0. The van der Waals surface area contributed by atoms with Crippen molar-refractivity contribution < 1.29 is 9.50 Å². The van der Waals surface area contributed by atoms with Crippen molar-refractivity contribution in [3.05, 3.63) is 35.6 Å². The predicted molar refractivity (Wildman–Crippen MR) is 68.6 cm³/mol. The standard InChI is InChI=1S/C14H22FNO/c1-10(17)9-16-11(2)14(3,4)12-5-7-13(15)8-6-12/h5-8,10-11,16-17H,9H2,1-4H3/t10-,11+/m1/s1. The number of benzene rings is 1. The summed E-state index contributed by atoms with van der Waals surface area (Å²) in [4.78, 5) is 0. The molecule has 0 saturated carbocycles. The Hall–Kier alpha value is -0.930. The van der Waals surface area contributed by atoms with E-state index in [4.69, 9.17) is 0 Å². The molecule has 0 heterocycles. The molecule has 17 heavy (non-hydrogen) atoms. The largest absolute Gasteiger partial charge is 0.392 e. The van der Waals surface area contributed by atoms with Crippen LogP contribution in [0.3, 0.4) is 0 Å². The van der Waals surface area contributed by atoms with Gasteiger partial charge >= 0.3 is 0 Å². The molecule has 0 bridgehead atoms. The summed E-state index contributed by atoms with van der Waals surface area (Å²) < 4.78 is 12.9. The van der Waals surface area contributed by atoms with E-state index in [9.17, 15) is 9.50 Å². The summed E-state index contributed by atoms with van der Waals surface area (Å²) in [5.41, 5.74) is 0.979. The molecular weight excluding hydrogens is 217 g/mol. The van der Waals surface area contributed by atoms with Crippen molar-refractivity contribution >= 4 is 0 Å². The van der Waals surface area contributed by atoms with Crippen molar-refractivity contribution in [1.82, 2.24) is 5.32 Å². The average Bonchev–Trinajstić information content (AvgIpc) is 2.26. The van der Waals surface area contributed by atoms with E-state index in [0.29, 0.717) is 6.54 Å². The van der Waals surface area contributed by atoms with Crippen LogP contribution in [0.1, 0.15) is 33.3 Å². The molecule has 0 aromatic heterocycles. The van der Waals surface area contributed by atoms with Crippen LogP contribution in [0.4, 0.5) is 4.39 Å². The summed E-state index contributed by atoms with van der Waals surface area (Å²) in [6, 6.07) is 6.80. The second kappa shape index (κ2) is 5.61. The molecule has 0 spiro atoms. The third kappa shape index (κ3) is 3.79. The van der Waals surface area contributed by atoms with Crippen LogP contribution in [0.5, 0.6) is 0 Å². The van der Waals surface area contributed by atoms with Gasteiger partial charge in [-0.2, -0.15) is 0 Å². The van der Waals surface area contributed by atoms with Gasteiger partial charge in [0.25, 0.3) is 0 Å². The van der Waals surface area contributed by atoms with Gasteiger partial charge in [-0.15, -0.1) is 0 Å². The highest BCUT2D eigenvalue weighted by Crippen LogP contribution is 2.27. The minimum absolute atomic E-state index is 0.109. The minimum Gasteiger partial charge on any atom is -0.392 e. The SMILES string of the molecule is C[C@H](NC[C@@H](C)O)C(C)(C)c1ccc(F)cc1. The lowest BCUT2D eigenvalue weighted by Gasteiger charge is -2.33. The Kier molecular flexibility index (Phi) is 4.66. The number of rotatable bonds is 5. The summed E-state index contributed by atoms with van der Waals surface area (Å²) >= 11 is 0. The topological polar surface area (TPSA) is 32.3 Å². The highest BCUT2D eigenvalue weighted by Gasteiger charge is 2.27. The molecule has 2 atom stereocenters. The van der Waals surface area contributed by atoms with Crippen LogP contribution in [0, 0.1) is 5.82 Å². The van der Waals surface area contributed by atoms with E-state index in [1.165, 1.54) is 12.1 Å². The second-order valence-corrected chi connectivity index (χ2v) is 5.21. The first kappa shape index (κ1) is 14.1. The maximum absolute atomic E-state index is 12.9. The fourth-order valence-corrected chi connectivity index (χ4v) is 1.73. The summed E-state index contributed by atoms with van der Waals surface area (Å²) in [7, 11) is 0. The lowest BCUT2D eigenvalue weighted by molar-refractivity contribution is 0.180. The van der Waals surface area contributed by atoms with Crippen molar-refractivity contribution in [3.8, 4) is 0 Å². The van der Waals surface area contributed by atoms with Gasteiger partial charge in [0.2, 0.25) is 0 Å². The van der Waals surface area contributed by atoms with E-state index in [0.717, 1.165) is 5.56 Å². The molecule has 3 heteroatoms. The molecule has 0 saturated heterocycles. The Morgan fingerprint density at radius 2 is 1.76 bits per heavy atom. The monoisotopic (exact) mass is 239 g/mol. The summed E-state index contributed by atoms with van der Waals surface area (Å²) in [5, 5.41) is 12.6. The summed E-state index contributed by atoms with van der Waals surface area (Å²) in [6.07, 6.45) is -0.360. The quantitative estimate of drug-likeness (QED) is 0.827. The van der Waals surface area contributed by atoms with E-state index in [-0.39, 0.29) is 23.4 Å². The summed E-state index contributed by atoms with van der Waals surface area (Å²) in [5.74, 6) is -0.214. The number of hydrogen-bond donors (Lipinski definition) is 2. The predicted octanol–water partition coefficient (Wildman–Crippen LogP) is 2.46. The third-order valence-corrected chi connectivity index (χ3v) is 3.39. The zero-order valence-corrected chi connectivity index (χ0v) is 11.0. The maximum Gasteiger partial charge on any atom is 0.123 e. The van der Waals surface area contributed by atoms with Crippen LogP contribution in [-0.2, 0) is 5.41 Å². The van der Waals surface area contributed by atoms with Crippen LogP contribution < -0.4 is 5.32 Å². The molecule has 1 aromatic carbocycles. The van der Waals surface area contributed by atoms with E-state index >= 15 is 0 Å². The molecule has 1 aromatic rings. The molecular formula is C14H22FNO. The number of nitrogens with one attached hydrogen (secondary N) is 1. The molecule has 0 unspecified atom stereocenters. The molecule has 96 valence electrons. The number of halogens is 1. The maximum atomic E-state index is 12.9. The van der Waals surface area contributed by atoms with Crippen molar-refractivity contribution in [2.24, 2.45) is 0 Å². The van der Waals surface area contributed by atoms with Gasteiger partial charge in [-0.1, -0.05) is 26.0 Å². The van der Waals surface area contributed by atoms with Crippen molar-refractivity contribution in [2.75, 3.05) is 6.54 Å². The van der Waals surface area contributed by atoms with Gasteiger partial charge in [-0.25, -0.2) is 4.39 Å². The van der Waals surface area contributed by atoms with Crippen LogP contribution in [-0.4, -0.2) is 23.8 Å². The Morgan fingerprint density at radius 3 is 2.24 bits per heavy atom. The fourth-order valence-electron chi connectivity index (χ4n) is 1.73. The van der Waals surface area contributed by atoms with Gasteiger partial charge in [0.1, 0.15) is 5.82 Å². The van der Waals surface area contributed by atoms with Gasteiger partial charge < -0.3 is 10.4 Å².